The van der Waals surface area contributed by atoms with Crippen molar-refractivity contribution >= 4 is 78.8 Å². The normalized spacial score (nSPS) is 12.5. The molecule has 0 unspecified atom stereocenters. The van der Waals surface area contributed by atoms with Gasteiger partial charge in [0, 0.05) is 33.5 Å². The van der Waals surface area contributed by atoms with E-state index in [2.05, 4.69) is 210 Å². The van der Waals surface area contributed by atoms with E-state index in [-0.39, 0.29) is 6.71 Å². The molecule has 2 nitrogen and oxygen atoms in total. The summed E-state index contributed by atoms with van der Waals surface area (Å²) in [5, 5.41) is 4.90. The molecule has 3 heteroatoms. The minimum atomic E-state index is 0.0952. The maximum atomic E-state index is 2.48. The molecule has 0 atom stereocenters. The zero-order valence-electron chi connectivity index (χ0n) is 29.0. The Morgan fingerprint density at radius 3 is 1.72 bits per heavy atom. The molecule has 0 N–H and O–H groups in total. The number of hydrogen-bond donors (Lipinski definition) is 0. The molecule has 9 aromatic carbocycles. The van der Waals surface area contributed by atoms with Crippen LogP contribution in [0.5, 0.6) is 0 Å². The molecule has 0 radical (unpaired) electrons. The second kappa shape index (κ2) is 11.9. The summed E-state index contributed by atoms with van der Waals surface area (Å²) in [6.45, 7) is 0.0952. The Kier molecular flexibility index (Phi) is 6.68. The van der Waals surface area contributed by atoms with Crippen molar-refractivity contribution in [3.63, 3.8) is 0 Å². The fourth-order valence-electron chi connectivity index (χ4n) is 8.93. The minimum Gasteiger partial charge on any atom is -0.311 e. The fraction of sp³-hybridized carbons (Fsp3) is 0. The summed E-state index contributed by atoms with van der Waals surface area (Å²) >= 11 is 0. The average Bonchev–Trinajstić information content (AvgIpc) is 3.56. The zero-order chi connectivity index (χ0) is 34.9. The van der Waals surface area contributed by atoms with Gasteiger partial charge in [0.2, 0.25) is 6.71 Å². The second-order valence-electron chi connectivity index (χ2n) is 14.1. The summed E-state index contributed by atoms with van der Waals surface area (Å²) in [6.07, 6.45) is 0. The fourth-order valence-corrected chi connectivity index (χ4v) is 8.93. The van der Waals surface area contributed by atoms with Crippen molar-refractivity contribution in [2.45, 2.75) is 0 Å². The highest BCUT2D eigenvalue weighted by atomic mass is 15.2. The molecule has 2 aliphatic heterocycles. The van der Waals surface area contributed by atoms with E-state index < -0.39 is 0 Å². The first-order chi connectivity index (χ1) is 26.3. The van der Waals surface area contributed by atoms with E-state index in [4.69, 9.17) is 0 Å². The van der Waals surface area contributed by atoms with Gasteiger partial charge in [0.05, 0.1) is 11.4 Å². The van der Waals surface area contributed by atoms with E-state index >= 15 is 0 Å². The molecular formula is C50H33BN2. The largest absolute Gasteiger partial charge is 0.311 e. The van der Waals surface area contributed by atoms with Gasteiger partial charge in [-0.1, -0.05) is 151 Å². The van der Waals surface area contributed by atoms with Crippen molar-refractivity contribution in [1.82, 2.24) is 0 Å². The molecule has 2 aliphatic rings. The Hall–Kier alpha value is -6.84. The van der Waals surface area contributed by atoms with Crippen LogP contribution in [0.15, 0.2) is 200 Å². The van der Waals surface area contributed by atoms with Gasteiger partial charge in [0.1, 0.15) is 0 Å². The molecule has 0 fully saturated rings. The van der Waals surface area contributed by atoms with E-state index in [0.29, 0.717) is 0 Å². The molecule has 0 aliphatic carbocycles. The molecular weight excluding hydrogens is 639 g/mol. The predicted octanol–water partition coefficient (Wildman–Crippen LogP) is 11.4. The average molecular weight is 673 g/mol. The maximum absolute atomic E-state index is 2.48. The first kappa shape index (κ1) is 29.9. The van der Waals surface area contributed by atoms with Crippen molar-refractivity contribution in [2.24, 2.45) is 0 Å². The smallest absolute Gasteiger partial charge is 0.248 e. The van der Waals surface area contributed by atoms with E-state index in [1.807, 2.05) is 0 Å². The van der Waals surface area contributed by atoms with Gasteiger partial charge in [-0.15, -0.1) is 0 Å². The van der Waals surface area contributed by atoms with Gasteiger partial charge in [-0.05, 0) is 98.5 Å². The molecule has 53 heavy (non-hydrogen) atoms. The first-order valence-corrected chi connectivity index (χ1v) is 18.4. The van der Waals surface area contributed by atoms with Gasteiger partial charge < -0.3 is 9.80 Å². The van der Waals surface area contributed by atoms with E-state index in [1.165, 1.54) is 88.6 Å². The first-order valence-electron chi connectivity index (χ1n) is 18.4. The molecule has 0 saturated heterocycles. The van der Waals surface area contributed by atoms with Crippen LogP contribution in [-0.4, -0.2) is 6.71 Å². The number of fused-ring (bicyclic) bond motifs is 7. The molecule has 9 aromatic rings. The van der Waals surface area contributed by atoms with Crippen molar-refractivity contribution in [3.8, 4) is 22.3 Å². The summed E-state index contributed by atoms with van der Waals surface area (Å²) in [7, 11) is 0. The van der Waals surface area contributed by atoms with Crippen molar-refractivity contribution < 1.29 is 0 Å². The molecule has 0 spiro atoms. The van der Waals surface area contributed by atoms with Crippen LogP contribution in [0, 0.1) is 0 Å². The molecule has 2 heterocycles. The Labute approximate surface area is 309 Å². The zero-order valence-corrected chi connectivity index (χ0v) is 29.0. The van der Waals surface area contributed by atoms with Crippen LogP contribution in [0.1, 0.15) is 0 Å². The third-order valence-corrected chi connectivity index (χ3v) is 11.2. The Morgan fingerprint density at radius 1 is 0.396 bits per heavy atom. The second-order valence-corrected chi connectivity index (χ2v) is 14.1. The quantitative estimate of drug-likeness (QED) is 0.168. The van der Waals surface area contributed by atoms with E-state index in [9.17, 15) is 0 Å². The predicted molar refractivity (Wildman–Crippen MR) is 226 cm³/mol. The molecule has 11 rings (SSSR count). The number of anilines is 6. The number of para-hydroxylation sites is 2. The van der Waals surface area contributed by atoms with Crippen LogP contribution in [-0.2, 0) is 0 Å². The molecule has 246 valence electrons. The third-order valence-electron chi connectivity index (χ3n) is 11.2. The van der Waals surface area contributed by atoms with Gasteiger partial charge in [-0.2, -0.15) is 0 Å². The number of hydrogen-bond acceptors (Lipinski definition) is 2. The summed E-state index contributed by atoms with van der Waals surface area (Å²) in [6, 6.07) is 73.5. The molecule has 0 amide bonds. The monoisotopic (exact) mass is 672 g/mol. The van der Waals surface area contributed by atoms with Crippen molar-refractivity contribution in [2.75, 3.05) is 9.80 Å². The lowest BCUT2D eigenvalue weighted by molar-refractivity contribution is 1.30. The lowest BCUT2D eigenvalue weighted by Gasteiger charge is -2.36. The highest BCUT2D eigenvalue weighted by Crippen LogP contribution is 2.46. The van der Waals surface area contributed by atoms with Crippen LogP contribution in [0.3, 0.4) is 0 Å². The molecule has 0 bridgehead atoms. The van der Waals surface area contributed by atoms with Gasteiger partial charge in [0.15, 0.2) is 0 Å². The summed E-state index contributed by atoms with van der Waals surface area (Å²) < 4.78 is 0. The molecule has 0 aromatic heterocycles. The SMILES string of the molecule is c1ccc(-c2cc3c4c(c2)N(c2ccccc2)c2ccccc2B4c2cc(N(c4cccc5ccccc45)c4cccc5ccccc45)ccc2-3)cc1. The molecule has 0 saturated carbocycles. The summed E-state index contributed by atoms with van der Waals surface area (Å²) in [4.78, 5) is 4.96. The van der Waals surface area contributed by atoms with Crippen LogP contribution in [0.25, 0.3) is 43.8 Å². The van der Waals surface area contributed by atoms with Crippen LogP contribution in [0.4, 0.5) is 34.1 Å². The van der Waals surface area contributed by atoms with E-state index in [1.54, 1.807) is 0 Å². The Balaban J connectivity index is 1.19. The van der Waals surface area contributed by atoms with Crippen molar-refractivity contribution in [3.05, 3.63) is 200 Å². The van der Waals surface area contributed by atoms with Crippen LogP contribution in [0.2, 0.25) is 0 Å². The number of benzene rings is 9. The van der Waals surface area contributed by atoms with Gasteiger partial charge >= 0.3 is 0 Å². The highest BCUT2D eigenvalue weighted by molar-refractivity contribution is 7.01. The summed E-state index contributed by atoms with van der Waals surface area (Å²) in [5.74, 6) is 0. The van der Waals surface area contributed by atoms with E-state index in [0.717, 1.165) is 5.69 Å². The lowest BCUT2D eigenvalue weighted by atomic mass is 9.37. The topological polar surface area (TPSA) is 6.48 Å². The Morgan fingerprint density at radius 2 is 1.00 bits per heavy atom. The summed E-state index contributed by atoms with van der Waals surface area (Å²) in [5.41, 5.74) is 16.2. The van der Waals surface area contributed by atoms with Crippen LogP contribution >= 0.6 is 0 Å². The Bertz CT molecular complexity index is 2770. The standard InChI is InChI=1S/C50H33BN2/c1-3-15-34(16-4-1)37-31-43-42-30-29-39(33-45(42)51-44-25-11-12-26-48(44)52(49(32-37)50(43)51)38-21-5-2-6-22-38)53(46-27-13-19-35-17-7-9-23-40(35)46)47-28-14-20-36-18-8-10-24-41(36)47/h1-33H. The highest BCUT2D eigenvalue weighted by Gasteiger charge is 2.43. The maximum Gasteiger partial charge on any atom is 0.248 e. The lowest BCUT2D eigenvalue weighted by Crippen LogP contribution is -2.54. The minimum absolute atomic E-state index is 0.0952. The number of nitrogens with zero attached hydrogens (tertiary/aromatic N) is 2. The third kappa shape index (κ3) is 4.61. The van der Waals surface area contributed by atoms with Gasteiger partial charge in [-0.25, -0.2) is 0 Å². The van der Waals surface area contributed by atoms with Gasteiger partial charge in [0.25, 0.3) is 0 Å². The van der Waals surface area contributed by atoms with Gasteiger partial charge in [-0.3, -0.25) is 0 Å². The number of rotatable bonds is 5. The van der Waals surface area contributed by atoms with Crippen LogP contribution < -0.4 is 26.2 Å². The van der Waals surface area contributed by atoms with Crippen molar-refractivity contribution in [1.29, 1.82) is 0 Å².